The number of nitrogens with zero attached hydrogens (tertiary/aromatic N) is 1. The van der Waals surface area contributed by atoms with Crippen molar-refractivity contribution >= 4 is 45.5 Å². The van der Waals surface area contributed by atoms with E-state index < -0.39 is 23.7 Å². The zero-order valence-electron chi connectivity index (χ0n) is 18.3. The van der Waals surface area contributed by atoms with Crippen LogP contribution in [0.3, 0.4) is 0 Å². The zero-order chi connectivity index (χ0) is 23.8. The van der Waals surface area contributed by atoms with E-state index in [9.17, 15) is 14.4 Å². The molecule has 2 atom stereocenters. The van der Waals surface area contributed by atoms with Crippen LogP contribution in [0.5, 0.6) is 0 Å². The molecule has 7 nitrogen and oxygen atoms in total. The lowest BCUT2D eigenvalue weighted by Crippen LogP contribution is -2.56. The van der Waals surface area contributed by atoms with E-state index in [-0.39, 0.29) is 18.7 Å². The molecule has 4 rings (SSSR count). The highest BCUT2D eigenvalue weighted by Gasteiger charge is 2.59. The molecule has 172 valence electrons. The monoisotopic (exact) mass is 531 g/mol. The van der Waals surface area contributed by atoms with Crippen molar-refractivity contribution in [1.82, 2.24) is 4.90 Å². The largest absolute Gasteiger partial charge is 0.469 e. The number of benzene rings is 2. The molecule has 0 saturated heterocycles. The summed E-state index contributed by atoms with van der Waals surface area (Å²) >= 11 is 4.80. The van der Waals surface area contributed by atoms with Gasteiger partial charge in [-0.2, -0.15) is 0 Å². The zero-order valence-corrected chi connectivity index (χ0v) is 20.7. The van der Waals surface area contributed by atoms with Crippen molar-refractivity contribution in [3.8, 4) is 0 Å². The number of thioether (sulfide) groups is 1. The first-order valence-corrected chi connectivity index (χ1v) is 11.8. The van der Waals surface area contributed by atoms with Gasteiger partial charge in [0.05, 0.1) is 26.7 Å². The van der Waals surface area contributed by atoms with Crippen LogP contribution in [0.1, 0.15) is 35.7 Å². The molecule has 0 saturated carbocycles. The van der Waals surface area contributed by atoms with Gasteiger partial charge < -0.3 is 14.2 Å². The third kappa shape index (κ3) is 4.15. The first kappa shape index (κ1) is 23.4. The Kier molecular flexibility index (Phi) is 6.54. The fourth-order valence-corrected chi connectivity index (χ4v) is 5.40. The summed E-state index contributed by atoms with van der Waals surface area (Å²) in [6, 6.07) is 14.1. The topological polar surface area (TPSA) is 82.1 Å². The second-order valence-corrected chi connectivity index (χ2v) is 9.64. The molecule has 0 radical (unpaired) electrons. The van der Waals surface area contributed by atoms with Crippen LogP contribution < -0.4 is 0 Å². The van der Waals surface area contributed by atoms with Crippen LogP contribution in [0, 0.1) is 0 Å². The molecule has 0 bridgehead atoms. The maximum atomic E-state index is 13.5. The number of hydrogen-bond donors (Lipinski definition) is 0. The standard InChI is InChI=1S/C24H22BrNO6S/c1-14-19(12-20(27)30-2)26-22(29)17-6-4-5-7-18(17)24(26,13-21(28)31-3)32-23(14)33-16-10-8-15(25)9-11-16/h4-11,19H,12-13H2,1-3H3/t19-,24+/m1/s1. The van der Waals surface area contributed by atoms with Crippen LogP contribution in [-0.2, 0) is 29.5 Å². The minimum absolute atomic E-state index is 0.0707. The molecular formula is C24H22BrNO6S. The van der Waals surface area contributed by atoms with Crippen molar-refractivity contribution in [2.75, 3.05) is 14.2 Å². The first-order valence-electron chi connectivity index (χ1n) is 10.2. The molecule has 0 N–H and O–H groups in total. The van der Waals surface area contributed by atoms with Gasteiger partial charge >= 0.3 is 11.9 Å². The minimum Gasteiger partial charge on any atom is -0.469 e. The Morgan fingerprint density at radius 2 is 1.76 bits per heavy atom. The Hall–Kier alpha value is -2.78. The number of carbonyl (C=O) groups is 3. The van der Waals surface area contributed by atoms with Gasteiger partial charge in [0.25, 0.3) is 5.91 Å². The highest BCUT2D eigenvalue weighted by Crippen LogP contribution is 2.53. The van der Waals surface area contributed by atoms with Crippen molar-refractivity contribution in [1.29, 1.82) is 0 Å². The van der Waals surface area contributed by atoms with Crippen molar-refractivity contribution in [3.05, 3.63) is 74.8 Å². The third-order valence-corrected chi connectivity index (χ3v) is 7.43. The minimum atomic E-state index is -1.43. The number of halogens is 1. The average molecular weight is 532 g/mol. The molecule has 2 aromatic carbocycles. The highest BCUT2D eigenvalue weighted by molar-refractivity contribution is 9.10. The number of esters is 2. The number of carbonyl (C=O) groups excluding carboxylic acids is 3. The van der Waals surface area contributed by atoms with Crippen LogP contribution in [-0.4, -0.2) is 43.0 Å². The number of hydrogen-bond acceptors (Lipinski definition) is 7. The average Bonchev–Trinajstić information content (AvgIpc) is 3.06. The molecule has 1 amide bonds. The lowest BCUT2D eigenvalue weighted by atomic mass is 9.93. The van der Waals surface area contributed by atoms with E-state index in [1.807, 2.05) is 31.2 Å². The molecule has 0 aromatic heterocycles. The van der Waals surface area contributed by atoms with Gasteiger partial charge in [-0.25, -0.2) is 0 Å². The van der Waals surface area contributed by atoms with Gasteiger partial charge in [-0.05, 0) is 42.8 Å². The summed E-state index contributed by atoms with van der Waals surface area (Å²) in [6.07, 6.45) is -0.291. The van der Waals surface area contributed by atoms with Crippen LogP contribution in [0.25, 0.3) is 0 Å². The summed E-state index contributed by atoms with van der Waals surface area (Å²) in [5.41, 5.74) is 0.266. The van der Waals surface area contributed by atoms with Gasteiger partial charge in [0.1, 0.15) is 6.42 Å². The quantitative estimate of drug-likeness (QED) is 0.503. The summed E-state index contributed by atoms with van der Waals surface area (Å²) in [6.45, 7) is 1.83. The Morgan fingerprint density at radius 1 is 1.09 bits per heavy atom. The highest BCUT2D eigenvalue weighted by atomic mass is 79.9. The van der Waals surface area contributed by atoms with Crippen LogP contribution in [0.15, 0.2) is 68.6 Å². The van der Waals surface area contributed by atoms with Crippen molar-refractivity contribution in [2.24, 2.45) is 0 Å². The van der Waals surface area contributed by atoms with E-state index in [1.54, 1.807) is 24.3 Å². The fourth-order valence-electron chi connectivity index (χ4n) is 4.18. The van der Waals surface area contributed by atoms with Gasteiger partial charge in [-0.1, -0.05) is 45.9 Å². The van der Waals surface area contributed by atoms with Crippen molar-refractivity contribution in [2.45, 2.75) is 36.4 Å². The Labute approximate surface area is 204 Å². The van der Waals surface area contributed by atoms with Gasteiger partial charge in [-0.3, -0.25) is 19.3 Å². The van der Waals surface area contributed by atoms with Crippen molar-refractivity contribution < 1.29 is 28.6 Å². The number of methoxy groups -OCH3 is 2. The van der Waals surface area contributed by atoms with Gasteiger partial charge in [0.15, 0.2) is 5.09 Å². The molecule has 0 aliphatic carbocycles. The summed E-state index contributed by atoms with van der Waals surface area (Å²) < 4.78 is 17.4. The van der Waals surface area contributed by atoms with Crippen molar-refractivity contribution in [3.63, 3.8) is 0 Å². The summed E-state index contributed by atoms with van der Waals surface area (Å²) in [7, 11) is 2.60. The maximum absolute atomic E-state index is 13.5. The van der Waals surface area contributed by atoms with E-state index in [4.69, 9.17) is 14.2 Å². The van der Waals surface area contributed by atoms with E-state index in [0.717, 1.165) is 9.37 Å². The summed E-state index contributed by atoms with van der Waals surface area (Å²) in [5.74, 6) is -1.31. The second kappa shape index (κ2) is 9.23. The van der Waals surface area contributed by atoms with Gasteiger partial charge in [0, 0.05) is 20.5 Å². The molecule has 33 heavy (non-hydrogen) atoms. The fraction of sp³-hybridized carbons (Fsp3) is 0.292. The second-order valence-electron chi connectivity index (χ2n) is 7.68. The molecule has 0 unspecified atom stereocenters. The molecule has 2 aliphatic heterocycles. The normalized spacial score (nSPS) is 21.3. The molecule has 2 heterocycles. The Balaban J connectivity index is 1.88. The van der Waals surface area contributed by atoms with E-state index >= 15 is 0 Å². The molecular weight excluding hydrogens is 510 g/mol. The van der Waals surface area contributed by atoms with Gasteiger partial charge in [-0.15, -0.1) is 0 Å². The smallest absolute Gasteiger partial charge is 0.312 e. The number of ether oxygens (including phenoxy) is 3. The first-order chi connectivity index (χ1) is 15.8. The lowest BCUT2D eigenvalue weighted by molar-refractivity contribution is -0.167. The molecule has 2 aliphatic rings. The van der Waals surface area contributed by atoms with Crippen LogP contribution in [0.2, 0.25) is 0 Å². The number of rotatable bonds is 6. The van der Waals surface area contributed by atoms with Crippen LogP contribution in [0.4, 0.5) is 0 Å². The predicted molar refractivity (Wildman–Crippen MR) is 125 cm³/mol. The predicted octanol–water partition coefficient (Wildman–Crippen LogP) is 4.61. The molecule has 9 heteroatoms. The SMILES string of the molecule is COC(=O)C[C@@H]1C(C)=C(Sc2ccc(Br)cc2)O[C@@]2(CC(=O)OC)c3ccccc3C(=O)N12. The summed E-state index contributed by atoms with van der Waals surface area (Å²) in [4.78, 5) is 40.8. The number of amides is 1. The summed E-state index contributed by atoms with van der Waals surface area (Å²) in [5, 5.41) is 0.524. The molecule has 0 fully saturated rings. The number of fused-ring (bicyclic) bond motifs is 3. The van der Waals surface area contributed by atoms with E-state index in [2.05, 4.69) is 15.9 Å². The van der Waals surface area contributed by atoms with E-state index in [1.165, 1.54) is 30.9 Å². The Morgan fingerprint density at radius 3 is 2.42 bits per heavy atom. The third-order valence-electron chi connectivity index (χ3n) is 5.80. The van der Waals surface area contributed by atoms with E-state index in [0.29, 0.717) is 21.8 Å². The van der Waals surface area contributed by atoms with Crippen LogP contribution >= 0.6 is 27.7 Å². The molecule has 0 spiro atoms. The Bertz CT molecular complexity index is 1150. The maximum Gasteiger partial charge on any atom is 0.312 e. The molecule has 2 aromatic rings. The lowest BCUT2D eigenvalue weighted by Gasteiger charge is -2.47. The van der Waals surface area contributed by atoms with Gasteiger partial charge in [0.2, 0.25) is 5.72 Å².